The molecule has 0 saturated carbocycles. The summed E-state index contributed by atoms with van der Waals surface area (Å²) < 4.78 is 12.7. The second-order valence-electron chi connectivity index (χ2n) is 3.81. The van der Waals surface area contributed by atoms with Crippen LogP contribution < -0.4 is 10.9 Å². The zero-order valence-electron chi connectivity index (χ0n) is 10.2. The SMILES string of the molecule is CC(CNc1cnn(CCO)c(=O)c1Br)S(C)=O. The second kappa shape index (κ2) is 7.01. The number of nitrogens with one attached hydrogen (secondary N) is 1. The quantitative estimate of drug-likeness (QED) is 0.773. The van der Waals surface area contributed by atoms with Crippen molar-refractivity contribution in [2.45, 2.75) is 18.7 Å². The van der Waals surface area contributed by atoms with Gasteiger partial charge < -0.3 is 10.4 Å². The predicted octanol–water partition coefficient (Wildman–Crippen LogP) is 0.177. The van der Waals surface area contributed by atoms with Gasteiger partial charge in [-0.05, 0) is 22.9 Å². The van der Waals surface area contributed by atoms with Crippen molar-refractivity contribution < 1.29 is 9.32 Å². The van der Waals surface area contributed by atoms with Crippen LogP contribution in [-0.4, -0.2) is 43.8 Å². The van der Waals surface area contributed by atoms with Gasteiger partial charge in [0, 0.05) is 28.9 Å². The third kappa shape index (κ3) is 3.89. The molecular weight excluding hydrogens is 322 g/mol. The number of rotatable bonds is 6. The minimum Gasteiger partial charge on any atom is -0.394 e. The maximum absolute atomic E-state index is 11.8. The summed E-state index contributed by atoms with van der Waals surface area (Å²) >= 11 is 3.19. The molecule has 8 heteroatoms. The first-order chi connectivity index (χ1) is 8.47. The van der Waals surface area contributed by atoms with E-state index < -0.39 is 10.8 Å². The van der Waals surface area contributed by atoms with Crippen molar-refractivity contribution in [2.75, 3.05) is 24.7 Å². The van der Waals surface area contributed by atoms with E-state index in [1.54, 1.807) is 6.26 Å². The number of hydrogen-bond donors (Lipinski definition) is 2. The monoisotopic (exact) mass is 337 g/mol. The van der Waals surface area contributed by atoms with Crippen molar-refractivity contribution in [2.24, 2.45) is 0 Å². The highest BCUT2D eigenvalue weighted by Gasteiger charge is 2.11. The summed E-state index contributed by atoms with van der Waals surface area (Å²) in [5.74, 6) is 0. The fourth-order valence-corrected chi connectivity index (χ4v) is 1.98. The Labute approximate surface area is 116 Å². The lowest BCUT2D eigenvalue weighted by atomic mass is 10.4. The highest BCUT2D eigenvalue weighted by Crippen LogP contribution is 2.16. The third-order valence-electron chi connectivity index (χ3n) is 2.44. The van der Waals surface area contributed by atoms with Crippen LogP contribution in [0.4, 0.5) is 5.69 Å². The molecule has 0 fully saturated rings. The van der Waals surface area contributed by atoms with Crippen molar-refractivity contribution in [3.05, 3.63) is 21.0 Å². The highest BCUT2D eigenvalue weighted by atomic mass is 79.9. The van der Waals surface area contributed by atoms with Crippen LogP contribution in [0.15, 0.2) is 15.5 Å². The second-order valence-corrected chi connectivity index (χ2v) is 6.41. The van der Waals surface area contributed by atoms with E-state index in [0.717, 1.165) is 0 Å². The molecule has 2 N–H and O–H groups in total. The van der Waals surface area contributed by atoms with Crippen LogP contribution in [0.2, 0.25) is 0 Å². The Morgan fingerprint density at radius 3 is 2.89 bits per heavy atom. The Morgan fingerprint density at radius 2 is 2.33 bits per heavy atom. The van der Waals surface area contributed by atoms with E-state index in [4.69, 9.17) is 5.11 Å². The molecule has 1 rings (SSSR count). The van der Waals surface area contributed by atoms with E-state index >= 15 is 0 Å². The molecule has 1 aromatic rings. The van der Waals surface area contributed by atoms with Crippen LogP contribution in [-0.2, 0) is 17.3 Å². The lowest BCUT2D eigenvalue weighted by Crippen LogP contribution is -2.27. The molecule has 1 heterocycles. The topological polar surface area (TPSA) is 84.2 Å². The van der Waals surface area contributed by atoms with Gasteiger partial charge >= 0.3 is 0 Å². The van der Waals surface area contributed by atoms with Crippen LogP contribution in [0.5, 0.6) is 0 Å². The Hall–Kier alpha value is -0.730. The first kappa shape index (κ1) is 15.3. The van der Waals surface area contributed by atoms with Gasteiger partial charge in [0.25, 0.3) is 5.56 Å². The number of aliphatic hydroxyl groups excluding tert-OH is 1. The standard InChI is InChI=1S/C10H16BrN3O3S/c1-7(18(2)17)5-12-8-6-13-14(3-4-15)10(16)9(8)11/h6-7,12,15H,3-5H2,1-2H3. The molecule has 0 aromatic carbocycles. The van der Waals surface area contributed by atoms with Crippen LogP contribution in [0.25, 0.3) is 0 Å². The minimum absolute atomic E-state index is 0.0169. The molecule has 1 aromatic heterocycles. The fraction of sp³-hybridized carbons (Fsp3) is 0.600. The normalized spacial score (nSPS) is 14.2. The summed E-state index contributed by atoms with van der Waals surface area (Å²) in [5.41, 5.74) is 0.255. The van der Waals surface area contributed by atoms with Crippen molar-refractivity contribution in [3.63, 3.8) is 0 Å². The molecule has 102 valence electrons. The summed E-state index contributed by atoms with van der Waals surface area (Å²) in [7, 11) is -0.918. The van der Waals surface area contributed by atoms with E-state index in [1.807, 2.05) is 6.92 Å². The van der Waals surface area contributed by atoms with E-state index in [9.17, 15) is 9.00 Å². The molecule has 2 atom stereocenters. The number of hydrogen-bond acceptors (Lipinski definition) is 5. The summed E-state index contributed by atoms with van der Waals surface area (Å²) in [5, 5.41) is 15.7. The molecule has 0 saturated heterocycles. The Morgan fingerprint density at radius 1 is 1.67 bits per heavy atom. The van der Waals surface area contributed by atoms with Crippen LogP contribution >= 0.6 is 15.9 Å². The van der Waals surface area contributed by atoms with Crippen molar-refractivity contribution in [1.82, 2.24) is 9.78 Å². The molecule has 0 radical (unpaired) electrons. The van der Waals surface area contributed by atoms with Gasteiger partial charge in [-0.2, -0.15) is 5.10 Å². The van der Waals surface area contributed by atoms with E-state index in [2.05, 4.69) is 26.3 Å². The van der Waals surface area contributed by atoms with Gasteiger partial charge in [-0.3, -0.25) is 9.00 Å². The first-order valence-electron chi connectivity index (χ1n) is 5.40. The van der Waals surface area contributed by atoms with Gasteiger partial charge in [-0.1, -0.05) is 0 Å². The number of anilines is 1. The first-order valence-corrected chi connectivity index (χ1v) is 7.81. The summed E-state index contributed by atoms with van der Waals surface area (Å²) in [4.78, 5) is 11.8. The molecule has 0 aliphatic rings. The largest absolute Gasteiger partial charge is 0.394 e. The van der Waals surface area contributed by atoms with Gasteiger partial charge in [0.05, 0.1) is 25.0 Å². The van der Waals surface area contributed by atoms with Gasteiger partial charge in [-0.25, -0.2) is 4.68 Å². The van der Waals surface area contributed by atoms with E-state index in [-0.39, 0.29) is 24.0 Å². The number of aliphatic hydroxyl groups is 1. The van der Waals surface area contributed by atoms with Crippen molar-refractivity contribution >= 4 is 32.4 Å². The highest BCUT2D eigenvalue weighted by molar-refractivity contribution is 9.10. The molecule has 0 aliphatic heterocycles. The molecule has 18 heavy (non-hydrogen) atoms. The zero-order valence-corrected chi connectivity index (χ0v) is 12.6. The molecule has 0 spiro atoms. The summed E-state index contributed by atoms with van der Waals surface area (Å²) in [6.45, 7) is 2.37. The van der Waals surface area contributed by atoms with Crippen LogP contribution in [0.1, 0.15) is 6.92 Å². The number of aromatic nitrogens is 2. The Bertz CT molecular complexity index is 492. The molecule has 0 amide bonds. The smallest absolute Gasteiger partial charge is 0.283 e. The number of nitrogens with zero attached hydrogens (tertiary/aromatic N) is 2. The zero-order chi connectivity index (χ0) is 13.7. The summed E-state index contributed by atoms with van der Waals surface area (Å²) in [6.07, 6.45) is 3.14. The van der Waals surface area contributed by atoms with Crippen molar-refractivity contribution in [3.8, 4) is 0 Å². The lowest BCUT2D eigenvalue weighted by Gasteiger charge is -2.12. The van der Waals surface area contributed by atoms with Gasteiger partial charge in [0.2, 0.25) is 0 Å². The Balaban J connectivity index is 2.83. The predicted molar refractivity (Wildman–Crippen MR) is 75.3 cm³/mol. The fourth-order valence-electron chi connectivity index (χ4n) is 1.21. The minimum atomic E-state index is -0.918. The molecule has 0 bridgehead atoms. The van der Waals surface area contributed by atoms with Gasteiger partial charge in [-0.15, -0.1) is 0 Å². The van der Waals surface area contributed by atoms with Gasteiger partial charge in [0.15, 0.2) is 0 Å². The average molecular weight is 338 g/mol. The molecule has 2 unspecified atom stereocenters. The average Bonchev–Trinajstić information content (AvgIpc) is 2.33. The van der Waals surface area contributed by atoms with Crippen molar-refractivity contribution in [1.29, 1.82) is 0 Å². The molecule has 0 aliphatic carbocycles. The number of halogens is 1. The Kier molecular flexibility index (Phi) is 5.97. The van der Waals surface area contributed by atoms with Crippen LogP contribution in [0, 0.1) is 0 Å². The summed E-state index contributed by atoms with van der Waals surface area (Å²) in [6, 6.07) is 0. The van der Waals surface area contributed by atoms with E-state index in [1.165, 1.54) is 10.9 Å². The maximum Gasteiger partial charge on any atom is 0.283 e. The lowest BCUT2D eigenvalue weighted by molar-refractivity contribution is 0.266. The molecular formula is C10H16BrN3O3S. The van der Waals surface area contributed by atoms with Crippen LogP contribution in [0.3, 0.4) is 0 Å². The molecule has 6 nitrogen and oxygen atoms in total. The van der Waals surface area contributed by atoms with Gasteiger partial charge in [0.1, 0.15) is 4.47 Å². The van der Waals surface area contributed by atoms with E-state index in [0.29, 0.717) is 16.7 Å². The third-order valence-corrected chi connectivity index (χ3v) is 4.51. The maximum atomic E-state index is 11.8.